The number of hydrogen-bond donors (Lipinski definition) is 1. The molecule has 3 aliphatic rings. The largest absolute Gasteiger partial charge is 0.497 e. The molecule has 5 rings (SSSR count). The van der Waals surface area contributed by atoms with E-state index in [4.69, 9.17) is 33.7 Å². The first-order chi connectivity index (χ1) is 23.5. The predicted molar refractivity (Wildman–Crippen MR) is 186 cm³/mol. The van der Waals surface area contributed by atoms with E-state index in [0.717, 1.165) is 29.0 Å². The number of carbonyl (C=O) groups excluding carboxylic acids is 3. The zero-order valence-electron chi connectivity index (χ0n) is 30.0. The van der Waals surface area contributed by atoms with Crippen molar-refractivity contribution in [2.45, 2.75) is 76.5 Å². The number of hydrogen-bond acceptors (Lipinski definition) is 10. The highest BCUT2D eigenvalue weighted by molar-refractivity contribution is 5.98. The van der Waals surface area contributed by atoms with Crippen molar-refractivity contribution in [3.63, 3.8) is 0 Å². The summed E-state index contributed by atoms with van der Waals surface area (Å²) in [6, 6.07) is 13.8. The fourth-order valence-electron chi connectivity index (χ4n) is 6.60. The van der Waals surface area contributed by atoms with E-state index in [0.29, 0.717) is 18.3 Å². The number of aliphatic imine (C=N–C) groups is 2. The molecule has 0 bridgehead atoms. The Morgan fingerprint density at radius 3 is 1.86 bits per heavy atom. The Labute approximate surface area is 289 Å². The van der Waals surface area contributed by atoms with Crippen LogP contribution in [-0.2, 0) is 28.6 Å². The SMILES string of the molecule is COC(=O)CC(c1ccc(OC)cc1)C1N=C(OC)C(C(C)C)N=C1OC.COc1ccc(C2CCN3C(=O)C(C(C)C)NC(=O)C23)cc1. The first-order valence-corrected chi connectivity index (χ1v) is 16.7. The summed E-state index contributed by atoms with van der Waals surface area (Å²) >= 11 is 0. The highest BCUT2D eigenvalue weighted by Gasteiger charge is 2.49. The van der Waals surface area contributed by atoms with Crippen LogP contribution in [0.5, 0.6) is 11.5 Å². The third kappa shape index (κ3) is 8.34. The lowest BCUT2D eigenvalue weighted by Gasteiger charge is -2.38. The molecule has 2 aromatic carbocycles. The van der Waals surface area contributed by atoms with Crippen molar-refractivity contribution in [3.05, 3.63) is 59.7 Å². The number of esters is 1. The van der Waals surface area contributed by atoms with Gasteiger partial charge in [-0.2, -0.15) is 0 Å². The molecule has 3 aliphatic heterocycles. The van der Waals surface area contributed by atoms with Crippen LogP contribution in [0.25, 0.3) is 0 Å². The van der Waals surface area contributed by atoms with Gasteiger partial charge in [0.15, 0.2) is 0 Å². The number of piperazine rings is 1. The average Bonchev–Trinajstić information content (AvgIpc) is 3.58. The van der Waals surface area contributed by atoms with Crippen LogP contribution in [-0.4, -0.2) is 101 Å². The summed E-state index contributed by atoms with van der Waals surface area (Å²) in [6.45, 7) is 8.66. The number of benzene rings is 2. The van der Waals surface area contributed by atoms with Crippen molar-refractivity contribution in [3.8, 4) is 11.5 Å². The van der Waals surface area contributed by atoms with Gasteiger partial charge >= 0.3 is 5.97 Å². The van der Waals surface area contributed by atoms with E-state index in [1.165, 1.54) is 7.11 Å². The number of methoxy groups -OCH3 is 5. The molecule has 2 aromatic rings. The number of ether oxygens (including phenoxy) is 5. The van der Waals surface area contributed by atoms with Crippen molar-refractivity contribution >= 4 is 29.6 Å². The summed E-state index contributed by atoms with van der Waals surface area (Å²) in [5.41, 5.74) is 2.00. The second kappa shape index (κ2) is 16.7. The fraction of sp³-hybridized carbons (Fsp3) is 0.541. The van der Waals surface area contributed by atoms with Gasteiger partial charge in [-0.3, -0.25) is 14.4 Å². The maximum Gasteiger partial charge on any atom is 0.306 e. The van der Waals surface area contributed by atoms with Gasteiger partial charge in [0, 0.05) is 18.4 Å². The number of amides is 2. The molecule has 6 unspecified atom stereocenters. The summed E-state index contributed by atoms with van der Waals surface area (Å²) < 4.78 is 26.3. The number of nitrogens with one attached hydrogen (secondary N) is 1. The average molecular weight is 679 g/mol. The Kier molecular flexibility index (Phi) is 12.7. The van der Waals surface area contributed by atoms with Gasteiger partial charge in [-0.25, -0.2) is 9.98 Å². The maximum absolute atomic E-state index is 12.6. The molecule has 49 heavy (non-hydrogen) atoms. The third-order valence-electron chi connectivity index (χ3n) is 9.35. The Balaban J connectivity index is 0.000000225. The van der Waals surface area contributed by atoms with Crippen LogP contribution in [0.1, 0.15) is 63.5 Å². The topological polar surface area (TPSA) is 137 Å². The summed E-state index contributed by atoms with van der Waals surface area (Å²) in [5, 5.41) is 2.90. The van der Waals surface area contributed by atoms with Gasteiger partial charge in [0.2, 0.25) is 23.6 Å². The van der Waals surface area contributed by atoms with Crippen LogP contribution >= 0.6 is 0 Å². The normalized spacial score (nSPS) is 23.7. The molecule has 1 N–H and O–H groups in total. The van der Waals surface area contributed by atoms with E-state index < -0.39 is 12.1 Å². The van der Waals surface area contributed by atoms with Crippen molar-refractivity contribution in [2.24, 2.45) is 21.8 Å². The molecule has 2 fully saturated rings. The van der Waals surface area contributed by atoms with Crippen LogP contribution in [0.15, 0.2) is 58.5 Å². The third-order valence-corrected chi connectivity index (χ3v) is 9.35. The molecule has 12 nitrogen and oxygen atoms in total. The second-order valence-corrected chi connectivity index (χ2v) is 13.0. The molecule has 266 valence electrons. The highest BCUT2D eigenvalue weighted by Crippen LogP contribution is 2.37. The molecule has 0 aliphatic carbocycles. The summed E-state index contributed by atoms with van der Waals surface area (Å²) in [4.78, 5) is 48.4. The second-order valence-electron chi connectivity index (χ2n) is 13.0. The molecule has 12 heteroatoms. The van der Waals surface area contributed by atoms with Gasteiger partial charge in [-0.05, 0) is 53.6 Å². The van der Waals surface area contributed by atoms with Crippen molar-refractivity contribution in [1.29, 1.82) is 0 Å². The number of carbonyl (C=O) groups is 3. The molecular formula is C37H50N4O8. The molecule has 2 amide bonds. The lowest BCUT2D eigenvalue weighted by atomic mass is 9.87. The van der Waals surface area contributed by atoms with Crippen LogP contribution in [0.4, 0.5) is 0 Å². The standard InChI is InChI=1S/C20H28N2O5.C17H22N2O3/c1-12(2)17-19(26-5)22-18(20(21-17)27-6)15(11-16(23)25-4)13-7-9-14(24-3)10-8-13;1-10(2)14-17(21)19-9-8-13(15(19)16(20)18-14)11-4-6-12(22-3)7-5-11/h7-10,12,15,17-18H,11H2,1-6H3;4-7,10,13-15H,8-9H2,1-3H3,(H,18,20). The molecule has 3 heterocycles. The van der Waals surface area contributed by atoms with Gasteiger partial charge in [0.05, 0.1) is 42.0 Å². The van der Waals surface area contributed by atoms with E-state index in [1.54, 1.807) is 33.3 Å². The minimum atomic E-state index is -0.479. The van der Waals surface area contributed by atoms with Gasteiger partial charge < -0.3 is 33.9 Å². The van der Waals surface area contributed by atoms with Gasteiger partial charge in [0.1, 0.15) is 35.7 Å². The predicted octanol–water partition coefficient (Wildman–Crippen LogP) is 4.37. The summed E-state index contributed by atoms with van der Waals surface area (Å²) in [6.07, 6.45) is 0.962. The van der Waals surface area contributed by atoms with Crippen molar-refractivity contribution in [1.82, 2.24) is 10.2 Å². The number of rotatable bonds is 9. The first-order valence-electron chi connectivity index (χ1n) is 16.7. The zero-order chi connectivity index (χ0) is 35.8. The molecule has 2 saturated heterocycles. The van der Waals surface area contributed by atoms with E-state index in [-0.39, 0.29) is 60.0 Å². The summed E-state index contributed by atoms with van der Waals surface area (Å²) in [7, 11) is 7.77. The van der Waals surface area contributed by atoms with Crippen LogP contribution in [0, 0.1) is 11.8 Å². The van der Waals surface area contributed by atoms with Crippen LogP contribution < -0.4 is 14.8 Å². The van der Waals surface area contributed by atoms with Gasteiger partial charge in [-0.1, -0.05) is 52.0 Å². The van der Waals surface area contributed by atoms with Crippen molar-refractivity contribution < 1.29 is 38.1 Å². The Morgan fingerprint density at radius 2 is 1.35 bits per heavy atom. The molecule has 6 atom stereocenters. The van der Waals surface area contributed by atoms with E-state index >= 15 is 0 Å². The van der Waals surface area contributed by atoms with Gasteiger partial charge in [0.25, 0.3) is 0 Å². The highest BCUT2D eigenvalue weighted by atomic mass is 16.5. The minimum Gasteiger partial charge on any atom is -0.497 e. The zero-order valence-corrected chi connectivity index (χ0v) is 30.0. The van der Waals surface area contributed by atoms with E-state index in [2.05, 4.69) is 5.32 Å². The smallest absolute Gasteiger partial charge is 0.306 e. The van der Waals surface area contributed by atoms with Crippen LogP contribution in [0.3, 0.4) is 0 Å². The monoisotopic (exact) mass is 678 g/mol. The number of nitrogens with zero attached hydrogens (tertiary/aromatic N) is 3. The van der Waals surface area contributed by atoms with Crippen LogP contribution in [0.2, 0.25) is 0 Å². The lowest BCUT2D eigenvalue weighted by molar-refractivity contribution is -0.148. The molecule has 0 aromatic heterocycles. The van der Waals surface area contributed by atoms with Crippen molar-refractivity contribution in [2.75, 3.05) is 42.1 Å². The fourth-order valence-corrected chi connectivity index (χ4v) is 6.60. The molecular weight excluding hydrogens is 628 g/mol. The quantitative estimate of drug-likeness (QED) is 0.386. The Bertz CT molecular complexity index is 1510. The molecule has 0 saturated carbocycles. The van der Waals surface area contributed by atoms with Gasteiger partial charge in [-0.15, -0.1) is 0 Å². The Morgan fingerprint density at radius 1 is 0.796 bits per heavy atom. The minimum absolute atomic E-state index is 0.0309. The first kappa shape index (κ1) is 37.2. The summed E-state index contributed by atoms with van der Waals surface area (Å²) in [5.74, 6) is 2.32. The maximum atomic E-state index is 12.6. The Hall–Kier alpha value is -4.61. The molecule has 0 spiro atoms. The molecule has 0 radical (unpaired) electrons. The number of fused-ring (bicyclic) bond motifs is 1. The lowest BCUT2D eigenvalue weighted by Crippen LogP contribution is -2.63. The van der Waals surface area contributed by atoms with E-state index in [1.807, 2.05) is 76.2 Å². The van der Waals surface area contributed by atoms with E-state index in [9.17, 15) is 14.4 Å².